The summed E-state index contributed by atoms with van der Waals surface area (Å²) in [6, 6.07) is 7.42. The van der Waals surface area contributed by atoms with Crippen molar-refractivity contribution in [1.29, 1.82) is 0 Å². The van der Waals surface area contributed by atoms with Crippen molar-refractivity contribution < 1.29 is 9.90 Å². The van der Waals surface area contributed by atoms with Gasteiger partial charge in [0, 0.05) is 16.6 Å². The van der Waals surface area contributed by atoms with Gasteiger partial charge in [0.05, 0.1) is 6.61 Å². The lowest BCUT2D eigenvalue weighted by atomic mass is 10.2. The predicted octanol–water partition coefficient (Wildman–Crippen LogP) is 1.96. The smallest absolute Gasteiger partial charge is 0.244 e. The van der Waals surface area contributed by atoms with Gasteiger partial charge in [-0.15, -0.1) is 0 Å². The van der Waals surface area contributed by atoms with E-state index in [0.29, 0.717) is 0 Å². The molecule has 4 heteroatoms. The monoisotopic (exact) mass is 283 g/mol. The molecule has 86 valence electrons. The Morgan fingerprint density at radius 3 is 3.00 bits per heavy atom. The number of rotatable bonds is 4. The van der Waals surface area contributed by atoms with E-state index in [0.717, 1.165) is 10.0 Å². The molecule has 0 aliphatic rings. The van der Waals surface area contributed by atoms with Crippen LogP contribution < -0.4 is 5.32 Å². The summed E-state index contributed by atoms with van der Waals surface area (Å²) in [6.07, 6.45) is 3.18. The van der Waals surface area contributed by atoms with Crippen LogP contribution in [0.4, 0.5) is 0 Å². The van der Waals surface area contributed by atoms with Gasteiger partial charge < -0.3 is 10.4 Å². The second-order valence-electron chi connectivity index (χ2n) is 3.48. The maximum Gasteiger partial charge on any atom is 0.244 e. The minimum atomic E-state index is -0.223. The van der Waals surface area contributed by atoms with Crippen molar-refractivity contribution in [2.24, 2.45) is 0 Å². The molecule has 1 amide bonds. The van der Waals surface area contributed by atoms with Crippen LogP contribution in [0.25, 0.3) is 6.08 Å². The van der Waals surface area contributed by atoms with Crippen LogP contribution in [0.15, 0.2) is 34.8 Å². The Morgan fingerprint density at radius 2 is 2.38 bits per heavy atom. The highest BCUT2D eigenvalue weighted by Crippen LogP contribution is 2.12. The molecule has 1 aromatic rings. The van der Waals surface area contributed by atoms with E-state index in [9.17, 15) is 4.79 Å². The molecule has 1 rings (SSSR count). The number of amides is 1. The van der Waals surface area contributed by atoms with Crippen LogP contribution in [-0.2, 0) is 4.79 Å². The summed E-state index contributed by atoms with van der Waals surface area (Å²) in [5.74, 6) is -0.207. The fraction of sp³-hybridized carbons (Fsp3) is 0.250. The van der Waals surface area contributed by atoms with Gasteiger partial charge >= 0.3 is 0 Å². The van der Waals surface area contributed by atoms with E-state index < -0.39 is 0 Å². The van der Waals surface area contributed by atoms with E-state index in [1.54, 1.807) is 13.0 Å². The second kappa shape index (κ2) is 6.45. The highest BCUT2D eigenvalue weighted by Gasteiger charge is 2.01. The minimum absolute atomic E-state index is 0.0591. The first-order chi connectivity index (χ1) is 7.61. The summed E-state index contributed by atoms with van der Waals surface area (Å²) < 4.78 is 0.971. The van der Waals surface area contributed by atoms with Crippen molar-refractivity contribution >= 4 is 27.9 Å². The van der Waals surface area contributed by atoms with E-state index in [2.05, 4.69) is 21.2 Å². The molecule has 0 spiro atoms. The number of aliphatic hydroxyl groups excluding tert-OH is 1. The summed E-state index contributed by atoms with van der Waals surface area (Å²) >= 11 is 3.35. The van der Waals surface area contributed by atoms with E-state index in [1.165, 1.54) is 6.08 Å². The number of hydrogen-bond donors (Lipinski definition) is 2. The molecule has 0 aliphatic heterocycles. The first-order valence-corrected chi connectivity index (χ1v) is 5.76. The third-order valence-electron chi connectivity index (χ3n) is 1.94. The molecular formula is C12H14BrNO2. The van der Waals surface area contributed by atoms with Gasteiger partial charge in [0.15, 0.2) is 0 Å². The van der Waals surface area contributed by atoms with Gasteiger partial charge in [-0.3, -0.25) is 4.79 Å². The number of aliphatic hydroxyl groups is 1. The Morgan fingerprint density at radius 1 is 1.62 bits per heavy atom. The molecule has 0 aliphatic carbocycles. The molecule has 0 saturated heterocycles. The minimum Gasteiger partial charge on any atom is -0.394 e. The fourth-order valence-electron chi connectivity index (χ4n) is 1.12. The van der Waals surface area contributed by atoms with Gasteiger partial charge in [0.2, 0.25) is 5.91 Å². The molecule has 1 atom stereocenters. The molecule has 1 unspecified atom stereocenters. The predicted molar refractivity (Wildman–Crippen MR) is 67.9 cm³/mol. The normalized spacial score (nSPS) is 12.7. The number of benzene rings is 1. The molecule has 3 nitrogen and oxygen atoms in total. The number of halogens is 1. The topological polar surface area (TPSA) is 49.3 Å². The lowest BCUT2D eigenvalue weighted by Crippen LogP contribution is -2.33. The third-order valence-corrected chi connectivity index (χ3v) is 2.43. The lowest BCUT2D eigenvalue weighted by molar-refractivity contribution is -0.117. The number of hydrogen-bond acceptors (Lipinski definition) is 2. The van der Waals surface area contributed by atoms with E-state index in [1.807, 2.05) is 24.3 Å². The van der Waals surface area contributed by atoms with E-state index >= 15 is 0 Å². The Bertz CT molecular complexity index is 390. The van der Waals surface area contributed by atoms with E-state index in [-0.39, 0.29) is 18.6 Å². The maximum absolute atomic E-state index is 11.3. The summed E-state index contributed by atoms with van der Waals surface area (Å²) in [7, 11) is 0. The third kappa shape index (κ3) is 4.59. The summed E-state index contributed by atoms with van der Waals surface area (Å²) in [6.45, 7) is 1.68. The van der Waals surface area contributed by atoms with Crippen LogP contribution in [0.5, 0.6) is 0 Å². The summed E-state index contributed by atoms with van der Waals surface area (Å²) in [4.78, 5) is 11.3. The van der Waals surface area contributed by atoms with Crippen LogP contribution in [0.3, 0.4) is 0 Å². The standard InChI is InChI=1S/C12H14BrNO2/c1-9(8-15)14-12(16)6-5-10-3-2-4-11(13)7-10/h2-7,9,15H,8H2,1H3,(H,14,16)/b6-5+. The zero-order valence-corrected chi connectivity index (χ0v) is 10.6. The Hall–Kier alpha value is -1.13. The van der Waals surface area contributed by atoms with Gasteiger partial charge in [-0.2, -0.15) is 0 Å². The van der Waals surface area contributed by atoms with Crippen LogP contribution in [-0.4, -0.2) is 23.7 Å². The molecular weight excluding hydrogens is 270 g/mol. The van der Waals surface area contributed by atoms with Gasteiger partial charge in [-0.25, -0.2) is 0 Å². The van der Waals surface area contributed by atoms with Crippen LogP contribution >= 0.6 is 15.9 Å². The van der Waals surface area contributed by atoms with Gasteiger partial charge in [-0.1, -0.05) is 28.1 Å². The number of nitrogens with one attached hydrogen (secondary N) is 1. The second-order valence-corrected chi connectivity index (χ2v) is 4.40. The molecule has 1 aromatic carbocycles. The maximum atomic E-state index is 11.3. The molecule has 0 radical (unpaired) electrons. The first kappa shape index (κ1) is 12.9. The molecule has 0 aromatic heterocycles. The largest absolute Gasteiger partial charge is 0.394 e. The first-order valence-electron chi connectivity index (χ1n) is 4.97. The van der Waals surface area contributed by atoms with Crippen LogP contribution in [0.2, 0.25) is 0 Å². The quantitative estimate of drug-likeness (QED) is 0.830. The van der Waals surface area contributed by atoms with Crippen molar-refractivity contribution in [2.45, 2.75) is 13.0 Å². The zero-order valence-electron chi connectivity index (χ0n) is 8.98. The summed E-state index contributed by atoms with van der Waals surface area (Å²) in [5, 5.41) is 11.4. The van der Waals surface area contributed by atoms with Gasteiger partial charge in [-0.05, 0) is 30.7 Å². The number of carbonyl (C=O) groups excluding carboxylic acids is 1. The lowest BCUT2D eigenvalue weighted by Gasteiger charge is -2.07. The van der Waals surface area contributed by atoms with Crippen molar-refractivity contribution in [3.63, 3.8) is 0 Å². The molecule has 0 heterocycles. The Labute approximate surface area is 103 Å². The van der Waals surface area contributed by atoms with Crippen LogP contribution in [0.1, 0.15) is 12.5 Å². The zero-order chi connectivity index (χ0) is 12.0. The Balaban J connectivity index is 2.56. The van der Waals surface area contributed by atoms with Gasteiger partial charge in [0.1, 0.15) is 0 Å². The highest BCUT2D eigenvalue weighted by molar-refractivity contribution is 9.10. The van der Waals surface area contributed by atoms with Crippen LogP contribution in [0, 0.1) is 0 Å². The van der Waals surface area contributed by atoms with Gasteiger partial charge in [0.25, 0.3) is 0 Å². The molecule has 2 N–H and O–H groups in total. The Kier molecular flexibility index (Phi) is 5.22. The molecule has 16 heavy (non-hydrogen) atoms. The number of carbonyl (C=O) groups is 1. The SMILES string of the molecule is CC(CO)NC(=O)/C=C/c1cccc(Br)c1. The molecule has 0 saturated carbocycles. The van der Waals surface area contributed by atoms with Crippen molar-refractivity contribution in [3.05, 3.63) is 40.4 Å². The van der Waals surface area contributed by atoms with Crippen molar-refractivity contribution in [1.82, 2.24) is 5.32 Å². The van der Waals surface area contributed by atoms with Crippen molar-refractivity contribution in [3.8, 4) is 0 Å². The molecule has 0 fully saturated rings. The van der Waals surface area contributed by atoms with E-state index in [4.69, 9.17) is 5.11 Å². The summed E-state index contributed by atoms with van der Waals surface area (Å²) in [5.41, 5.74) is 0.946. The average Bonchev–Trinajstić information content (AvgIpc) is 2.26. The van der Waals surface area contributed by atoms with Crippen molar-refractivity contribution in [2.75, 3.05) is 6.61 Å². The molecule has 0 bridgehead atoms. The fourth-order valence-corrected chi connectivity index (χ4v) is 1.54. The highest BCUT2D eigenvalue weighted by atomic mass is 79.9. The average molecular weight is 284 g/mol.